The number of fused-ring (bicyclic) bond motifs is 1. The van der Waals surface area contributed by atoms with Crippen LogP contribution in [0, 0.1) is 0 Å². The van der Waals surface area contributed by atoms with Gasteiger partial charge in [-0.15, -0.1) is 0 Å². The van der Waals surface area contributed by atoms with Crippen molar-refractivity contribution in [2.45, 2.75) is 39.2 Å². The van der Waals surface area contributed by atoms with E-state index in [1.807, 2.05) is 26.8 Å². The van der Waals surface area contributed by atoms with Crippen LogP contribution in [0.15, 0.2) is 48.1 Å². The van der Waals surface area contributed by atoms with Crippen molar-refractivity contribution in [2.75, 3.05) is 0 Å². The number of aromatic hydroxyl groups is 4. The van der Waals surface area contributed by atoms with Gasteiger partial charge in [0.25, 0.3) is 0 Å². The van der Waals surface area contributed by atoms with Gasteiger partial charge in [0.15, 0.2) is 5.78 Å². The van der Waals surface area contributed by atoms with Crippen LogP contribution in [0.5, 0.6) is 28.7 Å². The van der Waals surface area contributed by atoms with E-state index in [1.54, 1.807) is 6.08 Å². The minimum Gasteiger partial charge on any atom is -0.508 e. The lowest BCUT2D eigenvalue weighted by molar-refractivity contribution is 0.104. The van der Waals surface area contributed by atoms with Gasteiger partial charge in [-0.3, -0.25) is 4.79 Å². The highest BCUT2D eigenvalue weighted by atomic mass is 16.5. The second kappa shape index (κ2) is 8.60. The van der Waals surface area contributed by atoms with Crippen LogP contribution in [0.25, 0.3) is 12.2 Å². The molecule has 1 heterocycles. The Morgan fingerprint density at radius 1 is 1.10 bits per heavy atom. The molecule has 2 aromatic rings. The maximum absolute atomic E-state index is 12.7. The summed E-state index contributed by atoms with van der Waals surface area (Å²) in [6.45, 7) is 5.98. The summed E-state index contributed by atoms with van der Waals surface area (Å²) in [5.41, 5.74) is 0.885. The summed E-state index contributed by atoms with van der Waals surface area (Å²) in [4.78, 5) is 12.7. The molecule has 0 aliphatic carbocycles. The summed E-state index contributed by atoms with van der Waals surface area (Å²) in [6, 6.07) is 5.22. The summed E-state index contributed by atoms with van der Waals surface area (Å²) in [6.07, 6.45) is 9.57. The predicted octanol–water partition coefficient (Wildman–Crippen LogP) is 5.32. The van der Waals surface area contributed by atoms with Crippen molar-refractivity contribution in [1.29, 1.82) is 0 Å². The molecule has 0 amide bonds. The maximum Gasteiger partial charge on any atom is 0.193 e. The lowest BCUT2D eigenvalue weighted by Crippen LogP contribution is -2.31. The van der Waals surface area contributed by atoms with Crippen molar-refractivity contribution in [3.8, 4) is 28.7 Å². The van der Waals surface area contributed by atoms with E-state index in [1.165, 1.54) is 35.9 Å². The molecule has 0 spiro atoms. The quantitative estimate of drug-likeness (QED) is 0.217. The number of phenols is 4. The zero-order valence-corrected chi connectivity index (χ0v) is 17.7. The van der Waals surface area contributed by atoms with Gasteiger partial charge in [-0.05, 0) is 76.1 Å². The highest BCUT2D eigenvalue weighted by Gasteiger charge is 2.30. The van der Waals surface area contributed by atoms with Crippen LogP contribution in [0.2, 0.25) is 0 Å². The second-order valence-electron chi connectivity index (χ2n) is 8.04. The van der Waals surface area contributed by atoms with Crippen molar-refractivity contribution in [1.82, 2.24) is 0 Å². The Labute approximate surface area is 181 Å². The Morgan fingerprint density at radius 3 is 2.55 bits per heavy atom. The first kappa shape index (κ1) is 22.0. The molecule has 31 heavy (non-hydrogen) atoms. The summed E-state index contributed by atoms with van der Waals surface area (Å²) in [5, 5.41) is 40.4. The number of carbonyl (C=O) groups excluding carboxylic acids is 1. The molecular formula is C25H26O6. The first-order valence-corrected chi connectivity index (χ1v) is 9.94. The van der Waals surface area contributed by atoms with E-state index in [9.17, 15) is 25.2 Å². The van der Waals surface area contributed by atoms with Crippen molar-refractivity contribution < 1.29 is 30.0 Å². The molecular weight excluding hydrogens is 396 g/mol. The van der Waals surface area contributed by atoms with E-state index in [4.69, 9.17) is 4.74 Å². The molecule has 6 nitrogen and oxygen atoms in total. The molecule has 1 aliphatic rings. The Bertz CT molecular complexity index is 1110. The van der Waals surface area contributed by atoms with Crippen LogP contribution in [-0.2, 0) is 0 Å². The van der Waals surface area contributed by atoms with Crippen LogP contribution < -0.4 is 4.74 Å². The average molecular weight is 422 g/mol. The SMILES string of the molecule is CC(C)=CCC[C@]1(C)C=Cc2c(cc(O)c(C(=O)/C=C\c3cc(O)ccc3O)c2O)O1. The monoisotopic (exact) mass is 422 g/mol. The normalized spacial score (nSPS) is 17.3. The van der Waals surface area contributed by atoms with Gasteiger partial charge >= 0.3 is 0 Å². The minimum absolute atomic E-state index is 0.0701. The maximum atomic E-state index is 12.7. The van der Waals surface area contributed by atoms with Gasteiger partial charge < -0.3 is 25.2 Å². The number of phenolic OH excluding ortho intramolecular Hbond substituents is 4. The Kier molecular flexibility index (Phi) is 6.11. The largest absolute Gasteiger partial charge is 0.508 e. The fourth-order valence-corrected chi connectivity index (χ4v) is 3.39. The molecule has 0 bridgehead atoms. The lowest BCUT2D eigenvalue weighted by Gasteiger charge is -2.32. The summed E-state index contributed by atoms with van der Waals surface area (Å²) in [5.74, 6) is -1.35. The molecule has 0 saturated carbocycles. The van der Waals surface area contributed by atoms with Crippen molar-refractivity contribution in [2.24, 2.45) is 0 Å². The molecule has 0 fully saturated rings. The molecule has 1 aliphatic heterocycles. The van der Waals surface area contributed by atoms with Gasteiger partial charge in [-0.25, -0.2) is 0 Å². The predicted molar refractivity (Wildman–Crippen MR) is 120 cm³/mol. The average Bonchev–Trinajstić information content (AvgIpc) is 2.68. The van der Waals surface area contributed by atoms with Crippen molar-refractivity contribution in [3.63, 3.8) is 0 Å². The van der Waals surface area contributed by atoms with E-state index in [0.29, 0.717) is 17.7 Å². The molecule has 4 N–H and O–H groups in total. The number of ether oxygens (including phenoxy) is 1. The molecule has 0 saturated heterocycles. The molecule has 1 atom stereocenters. The number of carbonyl (C=O) groups is 1. The van der Waals surface area contributed by atoms with Crippen LogP contribution in [-0.4, -0.2) is 31.8 Å². The molecule has 0 aromatic heterocycles. The number of hydrogen-bond acceptors (Lipinski definition) is 6. The van der Waals surface area contributed by atoms with Crippen LogP contribution in [0.3, 0.4) is 0 Å². The van der Waals surface area contributed by atoms with E-state index < -0.39 is 17.1 Å². The third-order valence-corrected chi connectivity index (χ3v) is 5.09. The molecule has 162 valence electrons. The van der Waals surface area contributed by atoms with Crippen molar-refractivity contribution in [3.05, 3.63) is 64.8 Å². The van der Waals surface area contributed by atoms with E-state index >= 15 is 0 Å². The summed E-state index contributed by atoms with van der Waals surface area (Å²) >= 11 is 0. The third kappa shape index (κ3) is 4.91. The smallest absolute Gasteiger partial charge is 0.193 e. The highest BCUT2D eigenvalue weighted by molar-refractivity contribution is 6.11. The van der Waals surface area contributed by atoms with E-state index in [2.05, 4.69) is 6.08 Å². The van der Waals surface area contributed by atoms with Gasteiger partial charge in [0.05, 0.1) is 5.56 Å². The number of hydrogen-bond donors (Lipinski definition) is 4. The third-order valence-electron chi connectivity index (χ3n) is 5.09. The zero-order chi connectivity index (χ0) is 22.8. The zero-order valence-electron chi connectivity index (χ0n) is 17.7. The van der Waals surface area contributed by atoms with Gasteiger partial charge in [0.2, 0.25) is 0 Å². The van der Waals surface area contributed by atoms with Crippen LogP contribution in [0.1, 0.15) is 55.1 Å². The second-order valence-corrected chi connectivity index (χ2v) is 8.04. The van der Waals surface area contributed by atoms with Gasteiger partial charge in [-0.2, -0.15) is 0 Å². The fraction of sp³-hybridized carbons (Fsp3) is 0.240. The first-order valence-electron chi connectivity index (χ1n) is 9.94. The van der Waals surface area contributed by atoms with Crippen LogP contribution in [0.4, 0.5) is 0 Å². The number of benzene rings is 2. The fourth-order valence-electron chi connectivity index (χ4n) is 3.39. The van der Waals surface area contributed by atoms with Gasteiger partial charge in [0, 0.05) is 11.6 Å². The Balaban J connectivity index is 1.88. The summed E-state index contributed by atoms with van der Waals surface area (Å²) < 4.78 is 6.03. The standard InChI is InChI=1S/C25H26O6/c1-15(2)5-4-11-25(3)12-10-18-22(31-25)14-21(29)23(24(18)30)20(28)8-6-16-13-17(26)7-9-19(16)27/h5-10,12-14,26-27,29-30H,4,11H2,1-3H3/b8-6-/t25-/m1/s1. The Hall–Kier alpha value is -3.67. The first-order chi connectivity index (χ1) is 14.6. The van der Waals surface area contributed by atoms with Gasteiger partial charge in [-0.1, -0.05) is 11.6 Å². The molecule has 3 rings (SSSR count). The van der Waals surface area contributed by atoms with E-state index in [0.717, 1.165) is 12.5 Å². The highest BCUT2D eigenvalue weighted by Crippen LogP contribution is 2.44. The lowest BCUT2D eigenvalue weighted by atomic mass is 9.92. The topological polar surface area (TPSA) is 107 Å². The minimum atomic E-state index is -0.661. The number of rotatable bonds is 6. The van der Waals surface area contributed by atoms with E-state index in [-0.39, 0.29) is 28.4 Å². The summed E-state index contributed by atoms with van der Waals surface area (Å²) in [7, 11) is 0. The number of allylic oxidation sites excluding steroid dienone is 3. The molecule has 0 unspecified atom stereocenters. The van der Waals surface area contributed by atoms with Gasteiger partial charge in [0.1, 0.15) is 39.9 Å². The number of ketones is 1. The Morgan fingerprint density at radius 2 is 1.84 bits per heavy atom. The van der Waals surface area contributed by atoms with Crippen molar-refractivity contribution >= 4 is 17.9 Å². The molecule has 0 radical (unpaired) electrons. The molecule has 6 heteroatoms. The van der Waals surface area contributed by atoms with Crippen LogP contribution >= 0.6 is 0 Å². The molecule has 2 aromatic carbocycles.